The Bertz CT molecular complexity index is 548. The van der Waals surface area contributed by atoms with Gasteiger partial charge in [0.15, 0.2) is 0 Å². The summed E-state index contributed by atoms with van der Waals surface area (Å²) < 4.78 is 6.99. The van der Waals surface area contributed by atoms with Crippen molar-refractivity contribution in [3.8, 4) is 5.75 Å². The van der Waals surface area contributed by atoms with Crippen molar-refractivity contribution in [2.24, 2.45) is 7.05 Å². The molecule has 1 amide bonds. The van der Waals surface area contributed by atoms with Crippen LogP contribution in [0.5, 0.6) is 5.75 Å². The van der Waals surface area contributed by atoms with Crippen molar-refractivity contribution in [3.63, 3.8) is 0 Å². The van der Waals surface area contributed by atoms with Crippen molar-refractivity contribution < 1.29 is 9.53 Å². The molecule has 0 aliphatic carbocycles. The quantitative estimate of drug-likeness (QED) is 0.615. The summed E-state index contributed by atoms with van der Waals surface area (Å²) in [5.74, 6) is 0.560. The van der Waals surface area contributed by atoms with Crippen LogP contribution in [0.1, 0.15) is 10.5 Å². The summed E-state index contributed by atoms with van der Waals surface area (Å²) in [6, 6.07) is 8.78. The number of aromatic nitrogens is 2. The van der Waals surface area contributed by atoms with E-state index in [-0.39, 0.29) is 5.91 Å². The molecule has 0 fully saturated rings. The number of nitrogens with zero attached hydrogens (tertiary/aromatic N) is 2. The van der Waals surface area contributed by atoms with E-state index < -0.39 is 0 Å². The molecule has 0 saturated heterocycles. The summed E-state index contributed by atoms with van der Waals surface area (Å²) in [6.45, 7) is 0.821. The molecule has 19 heavy (non-hydrogen) atoms. The number of ether oxygens (including phenoxy) is 1. The molecule has 1 aromatic heterocycles. The second kappa shape index (κ2) is 5.90. The van der Waals surface area contributed by atoms with Crippen molar-refractivity contribution in [1.82, 2.24) is 15.1 Å². The maximum atomic E-state index is 11.7. The first-order chi connectivity index (χ1) is 9.16. The highest BCUT2D eigenvalue weighted by Gasteiger charge is 2.08. The van der Waals surface area contributed by atoms with Gasteiger partial charge in [0.2, 0.25) is 0 Å². The van der Waals surface area contributed by atoms with E-state index in [4.69, 9.17) is 10.5 Å². The summed E-state index contributed by atoms with van der Waals surface area (Å²) in [7, 11) is 1.72. The Morgan fingerprint density at radius 1 is 1.37 bits per heavy atom. The van der Waals surface area contributed by atoms with Crippen molar-refractivity contribution in [2.75, 3.05) is 18.9 Å². The fourth-order valence-corrected chi connectivity index (χ4v) is 1.58. The third kappa shape index (κ3) is 3.48. The molecule has 0 spiro atoms. The number of carbonyl (C=O) groups is 1. The van der Waals surface area contributed by atoms with Gasteiger partial charge in [0.25, 0.3) is 5.91 Å². The Hall–Kier alpha value is -2.50. The van der Waals surface area contributed by atoms with Gasteiger partial charge >= 0.3 is 0 Å². The summed E-state index contributed by atoms with van der Waals surface area (Å²) in [6.07, 6.45) is 1.58. The van der Waals surface area contributed by atoms with Gasteiger partial charge in [-0.1, -0.05) is 0 Å². The van der Waals surface area contributed by atoms with Crippen LogP contribution >= 0.6 is 0 Å². The second-order valence-electron chi connectivity index (χ2n) is 4.01. The van der Waals surface area contributed by atoms with Crippen LogP contribution in [0.25, 0.3) is 0 Å². The highest BCUT2D eigenvalue weighted by atomic mass is 16.5. The fraction of sp³-hybridized carbons (Fsp3) is 0.231. The molecular formula is C13H16N4O2. The number of hydrogen-bond acceptors (Lipinski definition) is 4. The summed E-state index contributed by atoms with van der Waals surface area (Å²) in [5, 5.41) is 6.69. The molecule has 6 heteroatoms. The second-order valence-corrected chi connectivity index (χ2v) is 4.01. The van der Waals surface area contributed by atoms with Gasteiger partial charge < -0.3 is 15.8 Å². The summed E-state index contributed by atoms with van der Waals surface area (Å²) in [4.78, 5) is 11.7. The molecule has 0 bridgehead atoms. The first kappa shape index (κ1) is 12.9. The van der Waals surface area contributed by atoms with E-state index in [1.807, 2.05) is 0 Å². The minimum absolute atomic E-state index is 0.166. The van der Waals surface area contributed by atoms with Crippen molar-refractivity contribution in [3.05, 3.63) is 42.2 Å². The Balaban J connectivity index is 1.74. The largest absolute Gasteiger partial charge is 0.492 e. The number of nitrogens with one attached hydrogen (secondary N) is 1. The standard InChI is InChI=1S/C13H16N4O2/c1-17-12(6-7-16-17)13(18)15-8-9-19-11-4-2-10(14)3-5-11/h2-7H,8-9,14H2,1H3,(H,15,18). The number of anilines is 1. The molecule has 0 atom stereocenters. The lowest BCUT2D eigenvalue weighted by Crippen LogP contribution is -2.29. The van der Waals surface area contributed by atoms with Gasteiger partial charge in [0.1, 0.15) is 18.1 Å². The molecule has 1 heterocycles. The van der Waals surface area contributed by atoms with E-state index in [2.05, 4.69) is 10.4 Å². The van der Waals surface area contributed by atoms with Gasteiger partial charge in [-0.3, -0.25) is 9.48 Å². The Morgan fingerprint density at radius 2 is 2.11 bits per heavy atom. The van der Waals surface area contributed by atoms with E-state index in [1.165, 1.54) is 4.68 Å². The predicted octanol–water partition coefficient (Wildman–Crippen LogP) is 0.811. The molecule has 0 aliphatic heterocycles. The maximum Gasteiger partial charge on any atom is 0.269 e. The van der Waals surface area contributed by atoms with Crippen molar-refractivity contribution in [1.29, 1.82) is 0 Å². The molecule has 6 nitrogen and oxygen atoms in total. The third-order valence-electron chi connectivity index (χ3n) is 2.59. The Labute approximate surface area is 111 Å². The number of aryl methyl sites for hydroxylation is 1. The molecule has 2 aromatic rings. The number of carbonyl (C=O) groups excluding carboxylic acids is 1. The molecule has 1 aromatic carbocycles. The molecule has 0 radical (unpaired) electrons. The van der Waals surface area contributed by atoms with Gasteiger partial charge in [-0.2, -0.15) is 5.10 Å². The SMILES string of the molecule is Cn1nccc1C(=O)NCCOc1ccc(N)cc1. The Kier molecular flexibility index (Phi) is 4.02. The van der Waals surface area contributed by atoms with Crippen LogP contribution in [0.3, 0.4) is 0 Å². The molecule has 0 aliphatic rings. The first-order valence-corrected chi connectivity index (χ1v) is 5.91. The number of hydrogen-bond donors (Lipinski definition) is 2. The van der Waals surface area contributed by atoms with Gasteiger partial charge in [-0.05, 0) is 30.3 Å². The van der Waals surface area contributed by atoms with E-state index in [9.17, 15) is 4.79 Å². The fourth-order valence-electron chi connectivity index (χ4n) is 1.58. The molecule has 0 unspecified atom stereocenters. The van der Waals surface area contributed by atoms with Crippen LogP contribution in [0.4, 0.5) is 5.69 Å². The van der Waals surface area contributed by atoms with Gasteiger partial charge in [0.05, 0.1) is 6.54 Å². The smallest absolute Gasteiger partial charge is 0.269 e. The summed E-state index contributed by atoms with van der Waals surface area (Å²) >= 11 is 0. The van der Waals surface area contributed by atoms with Gasteiger partial charge in [-0.15, -0.1) is 0 Å². The average Bonchev–Trinajstić information content (AvgIpc) is 2.83. The zero-order valence-electron chi connectivity index (χ0n) is 10.7. The predicted molar refractivity (Wildman–Crippen MR) is 71.9 cm³/mol. The summed E-state index contributed by atoms with van der Waals surface area (Å²) in [5.41, 5.74) is 6.78. The minimum Gasteiger partial charge on any atom is -0.492 e. The Morgan fingerprint density at radius 3 is 2.74 bits per heavy atom. The monoisotopic (exact) mass is 260 g/mol. The lowest BCUT2D eigenvalue weighted by Gasteiger charge is -2.08. The number of rotatable bonds is 5. The third-order valence-corrected chi connectivity index (χ3v) is 2.59. The minimum atomic E-state index is -0.166. The van der Waals surface area contributed by atoms with Crippen molar-refractivity contribution in [2.45, 2.75) is 0 Å². The number of amides is 1. The first-order valence-electron chi connectivity index (χ1n) is 5.91. The average molecular weight is 260 g/mol. The molecule has 3 N–H and O–H groups in total. The van der Waals surface area contributed by atoms with Crippen LogP contribution in [0, 0.1) is 0 Å². The van der Waals surface area contributed by atoms with Crippen LogP contribution in [0.15, 0.2) is 36.5 Å². The number of nitrogen functional groups attached to an aromatic ring is 1. The molecule has 2 rings (SSSR count). The molecule has 100 valence electrons. The number of benzene rings is 1. The topological polar surface area (TPSA) is 82.2 Å². The van der Waals surface area contributed by atoms with E-state index >= 15 is 0 Å². The zero-order valence-corrected chi connectivity index (χ0v) is 10.7. The molecular weight excluding hydrogens is 244 g/mol. The highest BCUT2D eigenvalue weighted by molar-refractivity contribution is 5.92. The van der Waals surface area contributed by atoms with Gasteiger partial charge in [0, 0.05) is 18.9 Å². The lowest BCUT2D eigenvalue weighted by atomic mass is 10.3. The van der Waals surface area contributed by atoms with Crippen LogP contribution in [-0.4, -0.2) is 28.8 Å². The normalized spacial score (nSPS) is 10.2. The van der Waals surface area contributed by atoms with E-state index in [0.717, 1.165) is 5.75 Å². The van der Waals surface area contributed by atoms with E-state index in [1.54, 1.807) is 43.6 Å². The molecule has 0 saturated carbocycles. The van der Waals surface area contributed by atoms with Crippen LogP contribution in [0.2, 0.25) is 0 Å². The highest BCUT2D eigenvalue weighted by Crippen LogP contribution is 2.12. The number of nitrogens with two attached hydrogens (primary N) is 1. The van der Waals surface area contributed by atoms with Crippen molar-refractivity contribution >= 4 is 11.6 Å². The van der Waals surface area contributed by atoms with Gasteiger partial charge in [-0.25, -0.2) is 0 Å². The maximum absolute atomic E-state index is 11.7. The van der Waals surface area contributed by atoms with Crippen LogP contribution < -0.4 is 15.8 Å². The van der Waals surface area contributed by atoms with Crippen LogP contribution in [-0.2, 0) is 7.05 Å². The van der Waals surface area contributed by atoms with E-state index in [0.29, 0.717) is 24.5 Å². The zero-order chi connectivity index (χ0) is 13.7. The lowest BCUT2D eigenvalue weighted by molar-refractivity contribution is 0.0937.